The SMILES string of the molecule is Cn1nncc1C(=O)N1CCc2ccc(N3CCCCS3(=O)=O)cc21. The largest absolute Gasteiger partial charge is 0.306 e. The average molecular weight is 361 g/mol. The molecule has 1 aromatic heterocycles. The van der Waals surface area contributed by atoms with Crippen molar-refractivity contribution in [3.8, 4) is 0 Å². The zero-order valence-electron chi connectivity index (χ0n) is 13.9. The number of aromatic nitrogens is 3. The molecule has 1 saturated heterocycles. The van der Waals surface area contributed by atoms with Crippen LogP contribution in [0.3, 0.4) is 0 Å². The lowest BCUT2D eigenvalue weighted by Crippen LogP contribution is -2.38. The van der Waals surface area contributed by atoms with E-state index in [1.54, 1.807) is 11.9 Å². The Balaban J connectivity index is 1.70. The van der Waals surface area contributed by atoms with E-state index < -0.39 is 10.0 Å². The summed E-state index contributed by atoms with van der Waals surface area (Å²) in [5.74, 6) is -0.00199. The van der Waals surface area contributed by atoms with Crippen LogP contribution in [0.15, 0.2) is 24.4 Å². The molecule has 0 spiro atoms. The Kier molecular flexibility index (Phi) is 3.75. The van der Waals surface area contributed by atoms with Crippen LogP contribution in [0.2, 0.25) is 0 Å². The predicted molar refractivity (Wildman–Crippen MR) is 93.2 cm³/mol. The van der Waals surface area contributed by atoms with E-state index in [-0.39, 0.29) is 11.7 Å². The van der Waals surface area contributed by atoms with Gasteiger partial charge in [-0.15, -0.1) is 5.10 Å². The van der Waals surface area contributed by atoms with E-state index in [4.69, 9.17) is 0 Å². The summed E-state index contributed by atoms with van der Waals surface area (Å²) >= 11 is 0. The molecule has 4 rings (SSSR count). The van der Waals surface area contributed by atoms with Crippen LogP contribution in [-0.4, -0.2) is 48.2 Å². The van der Waals surface area contributed by atoms with Gasteiger partial charge in [0.25, 0.3) is 5.91 Å². The van der Waals surface area contributed by atoms with Gasteiger partial charge in [0.2, 0.25) is 10.0 Å². The van der Waals surface area contributed by atoms with Crippen molar-refractivity contribution >= 4 is 27.3 Å². The molecule has 1 amide bonds. The van der Waals surface area contributed by atoms with Crippen LogP contribution in [0, 0.1) is 0 Å². The molecule has 2 aromatic rings. The van der Waals surface area contributed by atoms with Crippen LogP contribution in [0.5, 0.6) is 0 Å². The summed E-state index contributed by atoms with van der Waals surface area (Å²) in [4.78, 5) is 14.5. The monoisotopic (exact) mass is 361 g/mol. The summed E-state index contributed by atoms with van der Waals surface area (Å²) in [6, 6.07) is 5.57. The maximum atomic E-state index is 12.8. The third kappa shape index (κ3) is 2.68. The van der Waals surface area contributed by atoms with Gasteiger partial charge in [0.15, 0.2) is 0 Å². The van der Waals surface area contributed by atoms with Crippen LogP contribution in [0.1, 0.15) is 28.9 Å². The first kappa shape index (κ1) is 16.1. The Morgan fingerprint density at radius 2 is 2.04 bits per heavy atom. The Morgan fingerprint density at radius 1 is 1.20 bits per heavy atom. The van der Waals surface area contributed by atoms with E-state index in [1.807, 2.05) is 18.2 Å². The fourth-order valence-corrected chi connectivity index (χ4v) is 5.07. The van der Waals surface area contributed by atoms with E-state index >= 15 is 0 Å². The number of benzene rings is 1. The standard InChI is InChI=1S/C16H19N5O3S/c1-19-15(11-17-18-19)16(22)20-8-6-12-4-5-13(10-14(12)20)21-7-2-3-9-25(21,23)24/h4-5,10-11H,2-3,6-9H2,1H3. The number of carbonyl (C=O) groups is 1. The molecular weight excluding hydrogens is 342 g/mol. The molecule has 1 fully saturated rings. The van der Waals surface area contributed by atoms with Gasteiger partial charge in [-0.1, -0.05) is 11.3 Å². The zero-order chi connectivity index (χ0) is 17.6. The van der Waals surface area contributed by atoms with Crippen molar-refractivity contribution in [1.82, 2.24) is 15.0 Å². The van der Waals surface area contributed by atoms with Gasteiger partial charge in [-0.2, -0.15) is 0 Å². The van der Waals surface area contributed by atoms with Gasteiger partial charge in [0, 0.05) is 25.8 Å². The van der Waals surface area contributed by atoms with E-state index in [0.29, 0.717) is 30.9 Å². The number of sulfonamides is 1. The lowest BCUT2D eigenvalue weighted by atomic mass is 10.1. The number of carbonyl (C=O) groups excluding carboxylic acids is 1. The summed E-state index contributed by atoms with van der Waals surface area (Å²) < 4.78 is 27.6. The number of hydrogen-bond donors (Lipinski definition) is 0. The van der Waals surface area contributed by atoms with Gasteiger partial charge in [-0.25, -0.2) is 13.1 Å². The molecular formula is C16H19N5O3S. The van der Waals surface area contributed by atoms with Crippen LogP contribution < -0.4 is 9.21 Å². The molecule has 132 valence electrons. The molecule has 3 heterocycles. The van der Waals surface area contributed by atoms with Gasteiger partial charge in [0.05, 0.1) is 17.6 Å². The molecule has 0 atom stereocenters. The van der Waals surface area contributed by atoms with Crippen LogP contribution in [-0.2, 0) is 23.5 Å². The van der Waals surface area contributed by atoms with E-state index in [9.17, 15) is 13.2 Å². The number of anilines is 2. The summed E-state index contributed by atoms with van der Waals surface area (Å²) in [6.45, 7) is 1.05. The molecule has 25 heavy (non-hydrogen) atoms. The first-order chi connectivity index (χ1) is 12.0. The van der Waals surface area contributed by atoms with Gasteiger partial charge >= 0.3 is 0 Å². The summed E-state index contributed by atoms with van der Waals surface area (Å²) in [6.07, 6.45) is 3.74. The lowest BCUT2D eigenvalue weighted by molar-refractivity contribution is 0.0980. The molecule has 8 nitrogen and oxygen atoms in total. The highest BCUT2D eigenvalue weighted by Gasteiger charge is 2.31. The first-order valence-electron chi connectivity index (χ1n) is 8.27. The molecule has 0 unspecified atom stereocenters. The first-order valence-corrected chi connectivity index (χ1v) is 9.88. The smallest absolute Gasteiger partial charge is 0.278 e. The second kappa shape index (κ2) is 5.83. The molecule has 2 aliphatic rings. The van der Waals surface area contributed by atoms with Gasteiger partial charge in [-0.05, 0) is 37.0 Å². The Hall–Kier alpha value is -2.42. The Morgan fingerprint density at radius 3 is 2.76 bits per heavy atom. The van der Waals surface area contributed by atoms with Crippen LogP contribution in [0.4, 0.5) is 11.4 Å². The topological polar surface area (TPSA) is 88.4 Å². The predicted octanol–water partition coefficient (Wildman–Crippen LogP) is 0.948. The minimum Gasteiger partial charge on any atom is -0.306 e. The number of amides is 1. The summed E-state index contributed by atoms with van der Waals surface area (Å²) in [5.41, 5.74) is 2.84. The molecule has 0 bridgehead atoms. The van der Waals surface area contributed by atoms with Crippen molar-refractivity contribution in [1.29, 1.82) is 0 Å². The molecule has 0 saturated carbocycles. The van der Waals surface area contributed by atoms with Crippen LogP contribution in [0.25, 0.3) is 0 Å². The molecule has 0 N–H and O–H groups in total. The highest BCUT2D eigenvalue weighted by atomic mass is 32.2. The minimum absolute atomic E-state index is 0.174. The van der Waals surface area contributed by atoms with E-state index in [0.717, 1.165) is 24.1 Å². The maximum Gasteiger partial charge on any atom is 0.278 e. The van der Waals surface area contributed by atoms with Crippen molar-refractivity contribution < 1.29 is 13.2 Å². The van der Waals surface area contributed by atoms with Gasteiger partial charge in [0.1, 0.15) is 5.69 Å². The highest BCUT2D eigenvalue weighted by molar-refractivity contribution is 7.92. The zero-order valence-corrected chi connectivity index (χ0v) is 14.7. The quantitative estimate of drug-likeness (QED) is 0.795. The molecule has 9 heteroatoms. The van der Waals surface area contributed by atoms with Gasteiger partial charge in [-0.3, -0.25) is 9.10 Å². The Labute approximate surface area is 146 Å². The fraction of sp³-hybridized carbons (Fsp3) is 0.438. The van der Waals surface area contributed by atoms with Gasteiger partial charge < -0.3 is 4.90 Å². The second-order valence-electron chi connectivity index (χ2n) is 6.36. The van der Waals surface area contributed by atoms with Crippen molar-refractivity contribution in [3.63, 3.8) is 0 Å². The van der Waals surface area contributed by atoms with Crippen molar-refractivity contribution in [2.24, 2.45) is 7.05 Å². The number of rotatable bonds is 2. The number of fused-ring (bicyclic) bond motifs is 1. The maximum absolute atomic E-state index is 12.8. The fourth-order valence-electron chi connectivity index (χ4n) is 3.43. The number of nitrogens with zero attached hydrogens (tertiary/aromatic N) is 5. The van der Waals surface area contributed by atoms with Crippen LogP contribution >= 0.6 is 0 Å². The minimum atomic E-state index is -3.28. The molecule has 0 aliphatic carbocycles. The van der Waals surface area contributed by atoms with E-state index in [1.165, 1.54) is 15.2 Å². The molecule has 0 radical (unpaired) electrons. The lowest BCUT2D eigenvalue weighted by Gasteiger charge is -2.29. The molecule has 1 aromatic carbocycles. The van der Waals surface area contributed by atoms with Crippen molar-refractivity contribution in [2.45, 2.75) is 19.3 Å². The van der Waals surface area contributed by atoms with E-state index in [2.05, 4.69) is 10.3 Å². The average Bonchev–Trinajstić information content (AvgIpc) is 3.19. The molecule has 2 aliphatic heterocycles. The Bertz CT molecular complexity index is 937. The number of hydrogen-bond acceptors (Lipinski definition) is 5. The third-order valence-electron chi connectivity index (χ3n) is 4.78. The number of aryl methyl sites for hydroxylation is 1. The normalized spacial score (nSPS) is 19.1. The summed E-state index contributed by atoms with van der Waals surface area (Å²) in [7, 11) is -1.60. The van der Waals surface area contributed by atoms with Crippen molar-refractivity contribution in [2.75, 3.05) is 28.0 Å². The third-order valence-corrected chi connectivity index (χ3v) is 6.65. The van der Waals surface area contributed by atoms with Crippen molar-refractivity contribution in [3.05, 3.63) is 35.7 Å². The highest BCUT2D eigenvalue weighted by Crippen LogP contribution is 2.34. The summed E-state index contributed by atoms with van der Waals surface area (Å²) in [5, 5.41) is 7.56. The second-order valence-corrected chi connectivity index (χ2v) is 8.37.